The maximum Gasteiger partial charge on any atom is 0.274 e. The van der Waals surface area contributed by atoms with Crippen LogP contribution >= 0.6 is 0 Å². The number of nitrogens with zero attached hydrogens (tertiary/aromatic N) is 3. The van der Waals surface area contributed by atoms with Gasteiger partial charge in [-0.25, -0.2) is 0 Å². The Kier molecular flexibility index (Phi) is 3.28. The Morgan fingerprint density at radius 2 is 2.05 bits per heavy atom. The molecule has 0 atom stereocenters. The lowest BCUT2D eigenvalue weighted by Crippen LogP contribution is -1.92. The largest absolute Gasteiger partial charge is 0.342 e. The highest BCUT2D eigenvalue weighted by Crippen LogP contribution is 2.18. The summed E-state index contributed by atoms with van der Waals surface area (Å²) in [5.74, 6) is 1.02. The van der Waals surface area contributed by atoms with Gasteiger partial charge < -0.3 is 9.51 Å². The molecule has 104 valence electrons. The number of rotatable bonds is 3. The number of nitriles is 1. The lowest BCUT2D eigenvalue weighted by Gasteiger charge is -2.02. The van der Waals surface area contributed by atoms with E-state index in [-0.39, 0.29) is 0 Å². The van der Waals surface area contributed by atoms with E-state index in [9.17, 15) is 0 Å². The van der Waals surface area contributed by atoms with Gasteiger partial charge in [0.1, 0.15) is 17.5 Å². The summed E-state index contributed by atoms with van der Waals surface area (Å²) in [6.07, 6.45) is 0.621. The number of aryl methyl sites for hydroxylation is 2. The maximum absolute atomic E-state index is 8.80. The molecule has 0 aliphatic carbocycles. The van der Waals surface area contributed by atoms with Crippen molar-refractivity contribution >= 4 is 0 Å². The average Bonchev–Trinajstić information content (AvgIpc) is 3.11. The van der Waals surface area contributed by atoms with Crippen molar-refractivity contribution in [2.45, 2.75) is 20.3 Å². The molecular formula is C16H14N4O. The molecule has 0 aliphatic rings. The van der Waals surface area contributed by atoms with Gasteiger partial charge in [-0.15, -0.1) is 0 Å². The number of hydrogen-bond donors (Lipinski definition) is 1. The first-order chi connectivity index (χ1) is 10.2. The normalized spacial score (nSPS) is 10.5. The van der Waals surface area contributed by atoms with Crippen molar-refractivity contribution in [1.29, 1.82) is 5.26 Å². The smallest absolute Gasteiger partial charge is 0.274 e. The summed E-state index contributed by atoms with van der Waals surface area (Å²) in [5, 5.41) is 12.8. The molecule has 21 heavy (non-hydrogen) atoms. The molecule has 0 fully saturated rings. The van der Waals surface area contributed by atoms with Crippen molar-refractivity contribution in [1.82, 2.24) is 15.1 Å². The number of H-pyrrole nitrogens is 1. The van der Waals surface area contributed by atoms with Crippen LogP contribution in [-0.2, 0) is 6.42 Å². The van der Waals surface area contributed by atoms with Gasteiger partial charge in [-0.05, 0) is 42.7 Å². The van der Waals surface area contributed by atoms with Crippen LogP contribution in [-0.4, -0.2) is 15.1 Å². The summed E-state index contributed by atoms with van der Waals surface area (Å²) in [7, 11) is 0. The predicted molar refractivity (Wildman–Crippen MR) is 77.5 cm³/mol. The van der Waals surface area contributed by atoms with Crippen LogP contribution < -0.4 is 0 Å². The van der Waals surface area contributed by atoms with Gasteiger partial charge in [0.25, 0.3) is 5.89 Å². The zero-order valence-electron chi connectivity index (χ0n) is 11.8. The monoisotopic (exact) mass is 278 g/mol. The van der Waals surface area contributed by atoms with Gasteiger partial charge in [-0.1, -0.05) is 23.4 Å². The van der Waals surface area contributed by atoms with Crippen molar-refractivity contribution in [3.8, 4) is 17.7 Å². The number of hydrogen-bond acceptors (Lipinski definition) is 4. The molecule has 2 aromatic heterocycles. The predicted octanol–water partition coefficient (Wildman–Crippen LogP) is 3.14. The highest BCUT2D eigenvalue weighted by Gasteiger charge is 2.11. The lowest BCUT2D eigenvalue weighted by atomic mass is 10.0. The Morgan fingerprint density at radius 1 is 1.19 bits per heavy atom. The highest BCUT2D eigenvalue weighted by atomic mass is 16.5. The van der Waals surface area contributed by atoms with E-state index in [1.165, 1.54) is 11.1 Å². The van der Waals surface area contributed by atoms with Crippen molar-refractivity contribution in [2.75, 3.05) is 0 Å². The summed E-state index contributed by atoms with van der Waals surface area (Å²) in [5.41, 5.74) is 4.79. The summed E-state index contributed by atoms with van der Waals surface area (Å²) >= 11 is 0. The number of nitrogens with one attached hydrogen (secondary N) is 1. The minimum absolute atomic E-state index is 0.398. The van der Waals surface area contributed by atoms with E-state index in [1.54, 1.807) is 12.1 Å². The number of aromatic amines is 1. The zero-order chi connectivity index (χ0) is 14.8. The van der Waals surface area contributed by atoms with Crippen LogP contribution in [0.3, 0.4) is 0 Å². The van der Waals surface area contributed by atoms with Crippen LogP contribution in [0.1, 0.15) is 28.2 Å². The SMILES string of the molecule is Cc1ccc(Cc2noc(-c3ccc(C#N)[nH]3)n2)cc1C. The summed E-state index contributed by atoms with van der Waals surface area (Å²) in [6.45, 7) is 4.17. The van der Waals surface area contributed by atoms with E-state index in [1.807, 2.05) is 6.07 Å². The van der Waals surface area contributed by atoms with Crippen molar-refractivity contribution in [3.63, 3.8) is 0 Å². The third-order valence-electron chi connectivity index (χ3n) is 3.44. The fraction of sp³-hybridized carbons (Fsp3) is 0.188. The van der Waals surface area contributed by atoms with E-state index in [0.29, 0.717) is 29.5 Å². The Hall–Kier alpha value is -2.87. The van der Waals surface area contributed by atoms with Crippen LogP contribution in [0, 0.1) is 25.2 Å². The molecule has 5 heteroatoms. The van der Waals surface area contributed by atoms with Crippen LogP contribution in [0.4, 0.5) is 0 Å². The summed E-state index contributed by atoms with van der Waals surface area (Å²) in [4.78, 5) is 7.27. The molecule has 3 aromatic rings. The van der Waals surface area contributed by atoms with Gasteiger partial charge in [0.05, 0.1) is 0 Å². The fourth-order valence-corrected chi connectivity index (χ4v) is 2.12. The van der Waals surface area contributed by atoms with Crippen LogP contribution in [0.5, 0.6) is 0 Å². The van der Waals surface area contributed by atoms with Crippen LogP contribution in [0.15, 0.2) is 34.9 Å². The van der Waals surface area contributed by atoms with Crippen molar-refractivity contribution in [3.05, 3.63) is 58.5 Å². The van der Waals surface area contributed by atoms with Crippen molar-refractivity contribution < 1.29 is 4.52 Å². The number of aromatic nitrogens is 3. The zero-order valence-corrected chi connectivity index (χ0v) is 11.8. The second kappa shape index (κ2) is 5.25. The Balaban J connectivity index is 1.81. The molecular weight excluding hydrogens is 264 g/mol. The topological polar surface area (TPSA) is 78.5 Å². The third-order valence-corrected chi connectivity index (χ3v) is 3.44. The second-order valence-corrected chi connectivity index (χ2v) is 5.01. The van der Waals surface area contributed by atoms with Crippen molar-refractivity contribution in [2.24, 2.45) is 0 Å². The Morgan fingerprint density at radius 3 is 2.76 bits per heavy atom. The van der Waals surface area contributed by atoms with Gasteiger partial charge in [0.15, 0.2) is 5.82 Å². The molecule has 0 amide bonds. The van der Waals surface area contributed by atoms with Gasteiger partial charge in [-0.3, -0.25) is 0 Å². The lowest BCUT2D eigenvalue weighted by molar-refractivity contribution is 0.423. The minimum Gasteiger partial charge on any atom is -0.342 e. The first-order valence-electron chi connectivity index (χ1n) is 6.64. The molecule has 0 bridgehead atoms. The molecule has 1 N–H and O–H groups in total. The molecule has 0 saturated carbocycles. The van der Waals surface area contributed by atoms with E-state index in [2.05, 4.69) is 47.2 Å². The maximum atomic E-state index is 8.80. The molecule has 5 nitrogen and oxygen atoms in total. The molecule has 0 aliphatic heterocycles. The Bertz CT molecular complexity index is 823. The van der Waals surface area contributed by atoms with E-state index in [4.69, 9.17) is 9.78 Å². The molecule has 0 spiro atoms. The van der Waals surface area contributed by atoms with Crippen LogP contribution in [0.25, 0.3) is 11.6 Å². The molecule has 3 rings (SSSR count). The molecule has 0 saturated heterocycles. The molecule has 0 radical (unpaired) electrons. The first-order valence-corrected chi connectivity index (χ1v) is 6.64. The van der Waals surface area contributed by atoms with Crippen LogP contribution in [0.2, 0.25) is 0 Å². The highest BCUT2D eigenvalue weighted by molar-refractivity contribution is 5.49. The van der Waals surface area contributed by atoms with Gasteiger partial charge in [0, 0.05) is 6.42 Å². The first kappa shape index (κ1) is 13.1. The van der Waals surface area contributed by atoms with E-state index >= 15 is 0 Å². The van der Waals surface area contributed by atoms with Gasteiger partial charge in [-0.2, -0.15) is 10.2 Å². The van der Waals surface area contributed by atoms with E-state index in [0.717, 1.165) is 5.56 Å². The average molecular weight is 278 g/mol. The second-order valence-electron chi connectivity index (χ2n) is 5.01. The summed E-state index contributed by atoms with van der Waals surface area (Å²) in [6, 6.07) is 11.8. The quantitative estimate of drug-likeness (QED) is 0.798. The molecule has 1 aromatic carbocycles. The van der Waals surface area contributed by atoms with E-state index < -0.39 is 0 Å². The minimum atomic E-state index is 0.398. The van der Waals surface area contributed by atoms with Gasteiger partial charge >= 0.3 is 0 Å². The standard InChI is InChI=1S/C16H14N4O/c1-10-3-4-12(7-11(10)2)8-15-19-16(21-20-15)14-6-5-13(9-17)18-14/h3-7,18H,8H2,1-2H3. The van der Waals surface area contributed by atoms with Gasteiger partial charge in [0.2, 0.25) is 0 Å². The number of benzene rings is 1. The fourth-order valence-electron chi connectivity index (χ4n) is 2.12. The molecule has 0 unspecified atom stereocenters. The third kappa shape index (κ3) is 2.70. The summed E-state index contributed by atoms with van der Waals surface area (Å²) < 4.78 is 5.23. The molecule has 2 heterocycles. The Labute approximate surface area is 122 Å².